The van der Waals surface area contributed by atoms with Gasteiger partial charge in [-0.3, -0.25) is 4.79 Å². The van der Waals surface area contributed by atoms with Gasteiger partial charge in [0.05, 0.1) is 34.1 Å². The van der Waals surface area contributed by atoms with Crippen LogP contribution in [0.5, 0.6) is 0 Å². The monoisotopic (exact) mass is 567 g/mol. The Labute approximate surface area is 216 Å². The molecular formula is C23H19BrFN9OS. The van der Waals surface area contributed by atoms with Gasteiger partial charge in [0.25, 0.3) is 5.91 Å². The first-order valence-corrected chi connectivity index (χ1v) is 13.0. The molecule has 0 aromatic carbocycles. The van der Waals surface area contributed by atoms with Crippen LogP contribution in [0.4, 0.5) is 4.39 Å². The fraction of sp³-hybridized carbons (Fsp3) is 0.261. The van der Waals surface area contributed by atoms with E-state index in [0.29, 0.717) is 28.6 Å². The van der Waals surface area contributed by atoms with Gasteiger partial charge in [-0.1, -0.05) is 0 Å². The quantitative estimate of drug-likeness (QED) is 0.335. The molecule has 10 nitrogen and oxygen atoms in total. The summed E-state index contributed by atoms with van der Waals surface area (Å²) in [4.78, 5) is 31.8. The average Bonchev–Trinajstić information content (AvgIpc) is 3.64. The third kappa shape index (κ3) is 4.28. The molecule has 5 aromatic rings. The van der Waals surface area contributed by atoms with Gasteiger partial charge in [0.15, 0.2) is 22.5 Å². The Morgan fingerprint density at radius 1 is 1.14 bits per heavy atom. The first-order chi connectivity index (χ1) is 17.6. The fourth-order valence-electron chi connectivity index (χ4n) is 4.65. The zero-order valence-electron chi connectivity index (χ0n) is 18.8. The minimum Gasteiger partial charge on any atom is -0.347 e. The Morgan fingerprint density at radius 2 is 2.00 bits per heavy atom. The first kappa shape index (κ1) is 22.9. The Hall–Kier alpha value is -3.58. The summed E-state index contributed by atoms with van der Waals surface area (Å²) >= 11 is 4.65. The van der Waals surface area contributed by atoms with Crippen LogP contribution in [-0.2, 0) is 0 Å². The number of carbonyl (C=O) groups excluding carboxylic acids is 1. The molecule has 1 fully saturated rings. The second-order valence-electron chi connectivity index (χ2n) is 8.45. The summed E-state index contributed by atoms with van der Waals surface area (Å²) in [6.07, 6.45) is 11.2. The van der Waals surface area contributed by atoms with Crippen LogP contribution < -0.4 is 5.32 Å². The second kappa shape index (κ2) is 9.47. The summed E-state index contributed by atoms with van der Waals surface area (Å²) in [5, 5.41) is 11.9. The van der Waals surface area contributed by atoms with E-state index in [1.807, 2.05) is 10.6 Å². The van der Waals surface area contributed by atoms with Crippen molar-refractivity contribution in [1.82, 2.24) is 44.8 Å². The van der Waals surface area contributed by atoms with Crippen LogP contribution in [0.15, 0.2) is 53.0 Å². The molecule has 5 aromatic heterocycles. The lowest BCUT2D eigenvalue weighted by atomic mass is 9.90. The van der Waals surface area contributed by atoms with E-state index in [0.717, 1.165) is 28.6 Å². The van der Waals surface area contributed by atoms with Crippen molar-refractivity contribution in [3.63, 3.8) is 0 Å². The number of nitrogens with one attached hydrogen (secondary N) is 1. The van der Waals surface area contributed by atoms with E-state index in [1.165, 1.54) is 22.2 Å². The van der Waals surface area contributed by atoms with Crippen LogP contribution in [0.1, 0.15) is 41.5 Å². The molecule has 13 heteroatoms. The Bertz CT molecular complexity index is 1550. The van der Waals surface area contributed by atoms with Gasteiger partial charge in [0.2, 0.25) is 0 Å². The maximum Gasteiger partial charge on any atom is 0.280 e. The summed E-state index contributed by atoms with van der Waals surface area (Å²) in [6, 6.07) is 4.67. The summed E-state index contributed by atoms with van der Waals surface area (Å²) in [6.45, 7) is 0. The first-order valence-electron chi connectivity index (χ1n) is 11.3. The lowest BCUT2D eigenvalue weighted by Gasteiger charge is -2.31. The Balaban J connectivity index is 1.40. The number of halogens is 2. The van der Waals surface area contributed by atoms with E-state index in [4.69, 9.17) is 4.98 Å². The molecule has 1 N–H and O–H groups in total. The summed E-state index contributed by atoms with van der Waals surface area (Å²) in [5.74, 6) is 0.304. The number of carbonyl (C=O) groups is 1. The van der Waals surface area contributed by atoms with Gasteiger partial charge in [-0.25, -0.2) is 24.3 Å². The van der Waals surface area contributed by atoms with Gasteiger partial charge in [0.1, 0.15) is 11.2 Å². The van der Waals surface area contributed by atoms with E-state index >= 15 is 0 Å². The lowest BCUT2D eigenvalue weighted by molar-refractivity contribution is 0.0920. The second-order valence-corrected chi connectivity index (χ2v) is 10.9. The number of hydrogen-bond acceptors (Lipinski definition) is 8. The zero-order chi connectivity index (χ0) is 24.6. The molecule has 1 aliphatic rings. The van der Waals surface area contributed by atoms with Crippen molar-refractivity contribution in [3.8, 4) is 17.3 Å². The van der Waals surface area contributed by atoms with Gasteiger partial charge in [-0.15, -0.1) is 16.1 Å². The van der Waals surface area contributed by atoms with Crippen molar-refractivity contribution in [2.75, 3.05) is 0 Å². The number of aromatic nitrogens is 8. The van der Waals surface area contributed by atoms with E-state index < -0.39 is 5.82 Å². The normalized spacial score (nSPS) is 17.9. The summed E-state index contributed by atoms with van der Waals surface area (Å²) in [7, 11) is 0. The van der Waals surface area contributed by atoms with Crippen LogP contribution in [-0.4, -0.2) is 51.4 Å². The molecule has 0 bridgehead atoms. The van der Waals surface area contributed by atoms with Gasteiger partial charge < -0.3 is 9.88 Å². The van der Waals surface area contributed by atoms with Crippen LogP contribution >= 0.6 is 27.3 Å². The molecule has 1 saturated carbocycles. The third-order valence-electron chi connectivity index (χ3n) is 6.17. The molecular weight excluding hydrogens is 549 g/mol. The fourth-order valence-corrected chi connectivity index (χ4v) is 5.76. The number of thiazole rings is 1. The average molecular weight is 568 g/mol. The SMILES string of the molecule is O=C(N[C@H]1CCC[C@@H](n2c(-c3ncccc3F)nc3cnc(-n4nccn4)cc32)C1)c1ncc(Br)s1. The molecule has 2 atom stereocenters. The number of pyridine rings is 2. The van der Waals surface area contributed by atoms with Crippen molar-refractivity contribution >= 4 is 44.2 Å². The van der Waals surface area contributed by atoms with E-state index in [9.17, 15) is 9.18 Å². The smallest absolute Gasteiger partial charge is 0.280 e. The zero-order valence-corrected chi connectivity index (χ0v) is 21.2. The van der Waals surface area contributed by atoms with Crippen molar-refractivity contribution in [2.45, 2.75) is 37.8 Å². The number of imidazole rings is 1. The molecule has 0 saturated heterocycles. The van der Waals surface area contributed by atoms with Gasteiger partial charge >= 0.3 is 0 Å². The molecule has 0 radical (unpaired) electrons. The number of amides is 1. The molecule has 5 heterocycles. The largest absolute Gasteiger partial charge is 0.347 e. The highest BCUT2D eigenvalue weighted by Crippen LogP contribution is 2.36. The third-order valence-corrected chi connectivity index (χ3v) is 7.65. The van der Waals surface area contributed by atoms with Crippen LogP contribution in [0.2, 0.25) is 0 Å². The van der Waals surface area contributed by atoms with Crippen LogP contribution in [0, 0.1) is 5.82 Å². The van der Waals surface area contributed by atoms with Crippen LogP contribution in [0.25, 0.3) is 28.4 Å². The molecule has 182 valence electrons. The molecule has 1 amide bonds. The van der Waals surface area contributed by atoms with Gasteiger partial charge in [-0.05, 0) is 53.7 Å². The molecule has 1 aliphatic carbocycles. The Morgan fingerprint density at radius 3 is 2.78 bits per heavy atom. The van der Waals surface area contributed by atoms with Crippen LogP contribution in [0.3, 0.4) is 0 Å². The number of nitrogens with zero attached hydrogens (tertiary/aromatic N) is 8. The van der Waals surface area contributed by atoms with E-state index in [-0.39, 0.29) is 23.7 Å². The summed E-state index contributed by atoms with van der Waals surface area (Å²) < 4.78 is 17.7. The molecule has 36 heavy (non-hydrogen) atoms. The maximum atomic E-state index is 14.9. The highest BCUT2D eigenvalue weighted by Gasteiger charge is 2.30. The molecule has 0 aliphatic heterocycles. The van der Waals surface area contributed by atoms with Crippen molar-refractivity contribution in [3.05, 3.63) is 63.8 Å². The highest BCUT2D eigenvalue weighted by atomic mass is 79.9. The van der Waals surface area contributed by atoms with Gasteiger partial charge in [-0.2, -0.15) is 10.2 Å². The predicted molar refractivity (Wildman–Crippen MR) is 134 cm³/mol. The molecule has 0 unspecified atom stereocenters. The summed E-state index contributed by atoms with van der Waals surface area (Å²) in [5.41, 5.74) is 1.56. The topological polar surface area (TPSA) is 116 Å². The van der Waals surface area contributed by atoms with Gasteiger partial charge in [0, 0.05) is 24.3 Å². The Kier molecular flexibility index (Phi) is 6.01. The lowest BCUT2D eigenvalue weighted by Crippen LogP contribution is -2.39. The predicted octanol–water partition coefficient (Wildman–Crippen LogP) is 4.35. The minimum atomic E-state index is -0.453. The molecule has 6 rings (SSSR count). The standard InChI is InChI=1S/C23H19BrFN9OS/c24-18-12-28-23(36-18)22(35)31-13-3-1-4-14(9-13)33-17-10-19(34-29-7-8-30-34)27-11-16(17)32-21(33)20-15(25)5-2-6-26-20/h2,5-8,10-14H,1,3-4,9H2,(H,31,35)/t13-,14+/m0/s1. The van der Waals surface area contributed by atoms with E-state index in [2.05, 4.69) is 46.4 Å². The van der Waals surface area contributed by atoms with Crippen molar-refractivity contribution in [2.24, 2.45) is 0 Å². The number of rotatable bonds is 5. The van der Waals surface area contributed by atoms with E-state index in [1.54, 1.807) is 37.1 Å². The minimum absolute atomic E-state index is 0.0469. The molecule has 0 spiro atoms. The number of fused-ring (bicyclic) bond motifs is 1. The maximum absolute atomic E-state index is 14.9. The van der Waals surface area contributed by atoms with Crippen molar-refractivity contribution in [1.29, 1.82) is 0 Å². The number of hydrogen-bond donors (Lipinski definition) is 1. The van der Waals surface area contributed by atoms with Crippen molar-refractivity contribution < 1.29 is 9.18 Å². The highest BCUT2D eigenvalue weighted by molar-refractivity contribution is 9.11.